The van der Waals surface area contributed by atoms with Crippen molar-refractivity contribution in [2.24, 2.45) is 11.8 Å². The zero-order chi connectivity index (χ0) is 25.8. The number of fused-ring (bicyclic) bond motifs is 5. The van der Waals surface area contributed by atoms with Crippen LogP contribution in [0, 0.1) is 17.7 Å². The summed E-state index contributed by atoms with van der Waals surface area (Å²) in [7, 11) is 0. The van der Waals surface area contributed by atoms with Crippen LogP contribution in [0.3, 0.4) is 0 Å². The Balaban J connectivity index is 1.01. The van der Waals surface area contributed by atoms with Crippen LogP contribution in [0.5, 0.6) is 0 Å². The van der Waals surface area contributed by atoms with Crippen LogP contribution in [-0.2, 0) is 0 Å². The van der Waals surface area contributed by atoms with E-state index in [2.05, 4.69) is 10.2 Å². The molecule has 8 rings (SSSR count). The van der Waals surface area contributed by atoms with E-state index in [1.807, 2.05) is 40.9 Å². The summed E-state index contributed by atoms with van der Waals surface area (Å²) in [6.07, 6.45) is 6.85. The molecule has 2 unspecified atom stereocenters. The van der Waals surface area contributed by atoms with E-state index in [-0.39, 0.29) is 29.5 Å². The summed E-state index contributed by atoms with van der Waals surface area (Å²) in [5.41, 5.74) is 3.82. The lowest BCUT2D eigenvalue weighted by molar-refractivity contribution is -0.0615. The second-order valence-corrected chi connectivity index (χ2v) is 12.3. The first-order chi connectivity index (χ1) is 18.5. The maximum atomic E-state index is 15.0. The molecule has 0 spiro atoms. The molecule has 3 aliphatic heterocycles. The van der Waals surface area contributed by atoms with Gasteiger partial charge in [-0.2, -0.15) is 0 Å². The summed E-state index contributed by atoms with van der Waals surface area (Å²) >= 11 is 1.52. The molecule has 2 aromatic heterocycles. The van der Waals surface area contributed by atoms with Gasteiger partial charge in [0.2, 0.25) is 0 Å². The highest BCUT2D eigenvalue weighted by molar-refractivity contribution is 7.23. The fourth-order valence-corrected chi connectivity index (χ4v) is 7.65. The quantitative estimate of drug-likeness (QED) is 0.209. The fraction of sp³-hybridized carbons (Fsp3) is 0.467. The largest absolute Gasteiger partial charge is 0.310 e. The van der Waals surface area contributed by atoms with Crippen LogP contribution in [0.25, 0.3) is 26.4 Å². The number of rotatable bonds is 8. The van der Waals surface area contributed by atoms with Crippen LogP contribution < -0.4 is 5.32 Å². The number of ketones is 1. The molecule has 4 aromatic rings. The van der Waals surface area contributed by atoms with Gasteiger partial charge in [0.1, 0.15) is 12.0 Å². The number of carbonyl (C=O) groups excluding carboxylic acids is 1. The first kappa shape index (κ1) is 24.4. The van der Waals surface area contributed by atoms with E-state index >= 15 is 4.39 Å². The Bertz CT molecular complexity index is 1490. The third-order valence-electron chi connectivity index (χ3n) is 8.77. The first-order valence-electron chi connectivity index (χ1n) is 13.9. The van der Waals surface area contributed by atoms with Crippen molar-refractivity contribution in [1.29, 1.82) is 0 Å². The number of piperidine rings is 2. The molecule has 0 amide bonds. The maximum Gasteiger partial charge on any atom is 0.195 e. The van der Waals surface area contributed by atoms with Crippen molar-refractivity contribution >= 4 is 32.3 Å². The molecule has 5 nitrogen and oxygen atoms in total. The zero-order valence-corrected chi connectivity index (χ0v) is 22.2. The Hall–Kier alpha value is -2.68. The van der Waals surface area contributed by atoms with Crippen molar-refractivity contribution in [2.45, 2.75) is 50.7 Å². The van der Waals surface area contributed by atoms with Crippen molar-refractivity contribution in [2.75, 3.05) is 26.2 Å². The van der Waals surface area contributed by atoms with Crippen molar-refractivity contribution in [3.8, 4) is 11.3 Å². The number of halogens is 2. The number of aromatic nitrogens is 2. The number of alkyl halides is 1. The highest BCUT2D eigenvalue weighted by atomic mass is 32.1. The van der Waals surface area contributed by atoms with E-state index in [4.69, 9.17) is 4.98 Å². The Kier molecular flexibility index (Phi) is 6.29. The van der Waals surface area contributed by atoms with Gasteiger partial charge >= 0.3 is 0 Å². The highest BCUT2D eigenvalue weighted by Crippen LogP contribution is 2.42. The Labute approximate surface area is 224 Å². The van der Waals surface area contributed by atoms with Gasteiger partial charge in [-0.15, -0.1) is 0 Å². The van der Waals surface area contributed by atoms with Gasteiger partial charge in [0.15, 0.2) is 10.7 Å². The van der Waals surface area contributed by atoms with Gasteiger partial charge in [-0.1, -0.05) is 17.4 Å². The minimum Gasteiger partial charge on any atom is -0.310 e. The summed E-state index contributed by atoms with van der Waals surface area (Å²) < 4.78 is 31.7. The Morgan fingerprint density at radius 3 is 2.76 bits per heavy atom. The van der Waals surface area contributed by atoms with Gasteiger partial charge in [-0.25, -0.2) is 13.8 Å². The van der Waals surface area contributed by atoms with Crippen LogP contribution in [0.4, 0.5) is 8.78 Å². The topological polar surface area (TPSA) is 49.6 Å². The molecule has 2 aromatic carbocycles. The summed E-state index contributed by atoms with van der Waals surface area (Å²) in [4.78, 5) is 20.7. The first-order valence-corrected chi connectivity index (χ1v) is 14.7. The summed E-state index contributed by atoms with van der Waals surface area (Å²) in [6, 6.07) is 11.5. The second kappa shape index (κ2) is 9.81. The molecule has 1 N–H and O–H groups in total. The molecule has 3 atom stereocenters. The number of nitrogens with one attached hydrogen (secondary N) is 1. The maximum absolute atomic E-state index is 15.0. The molecule has 5 heterocycles. The summed E-state index contributed by atoms with van der Waals surface area (Å²) in [5.74, 6) is 0.387. The fourth-order valence-electron chi connectivity index (χ4n) is 6.60. The van der Waals surface area contributed by atoms with E-state index in [0.29, 0.717) is 17.7 Å². The van der Waals surface area contributed by atoms with Gasteiger partial charge < -0.3 is 10.2 Å². The molecule has 1 saturated carbocycles. The smallest absolute Gasteiger partial charge is 0.195 e. The van der Waals surface area contributed by atoms with Gasteiger partial charge in [0.05, 0.1) is 15.9 Å². The number of carbonyl (C=O) groups is 1. The van der Waals surface area contributed by atoms with E-state index in [1.165, 1.54) is 11.3 Å². The minimum atomic E-state index is -0.582. The normalized spacial score (nSPS) is 25.3. The van der Waals surface area contributed by atoms with Gasteiger partial charge in [-0.3, -0.25) is 9.20 Å². The van der Waals surface area contributed by atoms with Crippen LogP contribution in [0.15, 0.2) is 42.6 Å². The average Bonchev–Trinajstić information content (AvgIpc) is 3.67. The third kappa shape index (κ3) is 4.36. The number of nitrogens with zero attached hydrogens (tertiary/aromatic N) is 3. The van der Waals surface area contributed by atoms with Crippen LogP contribution in [-0.4, -0.2) is 52.4 Å². The van der Waals surface area contributed by atoms with Crippen LogP contribution >= 0.6 is 11.3 Å². The van der Waals surface area contributed by atoms with E-state index < -0.39 is 6.17 Å². The number of hydrogen-bond acceptors (Lipinski definition) is 5. The van der Waals surface area contributed by atoms with Crippen LogP contribution in [0.1, 0.15) is 60.5 Å². The number of unbranched alkanes of at least 4 members (excludes halogenated alkanes) is 1. The molecule has 1 aliphatic carbocycles. The number of benzene rings is 2. The van der Waals surface area contributed by atoms with E-state index in [1.54, 1.807) is 6.07 Å². The average molecular weight is 535 g/mol. The Morgan fingerprint density at radius 1 is 1.13 bits per heavy atom. The molecule has 2 bridgehead atoms. The SMILES string of the molecule is O=C(CCCCN1CC2CC(C1)C2F)c1ccc2c(c1)sc1nc(-c3ccc([C@H]4CCCN4)cc3F)cn12. The van der Waals surface area contributed by atoms with Gasteiger partial charge in [-0.05, 0) is 81.1 Å². The molecule has 198 valence electrons. The molecule has 4 aliphatic rings. The van der Waals surface area contributed by atoms with E-state index in [0.717, 1.165) is 84.6 Å². The number of hydrogen-bond donors (Lipinski definition) is 1. The second-order valence-electron chi connectivity index (χ2n) is 11.3. The Morgan fingerprint density at radius 2 is 2.00 bits per heavy atom. The number of thiazole rings is 1. The number of imidazole rings is 1. The molecular weight excluding hydrogens is 502 g/mol. The van der Waals surface area contributed by atoms with Crippen molar-refractivity contribution in [3.63, 3.8) is 0 Å². The van der Waals surface area contributed by atoms with Crippen molar-refractivity contribution in [3.05, 3.63) is 59.5 Å². The monoisotopic (exact) mass is 534 g/mol. The minimum absolute atomic E-state index is 0.155. The number of Topliss-reactive ketones (excluding diaryl/α,β-unsaturated/α-hetero) is 1. The molecule has 8 heteroatoms. The third-order valence-corrected chi connectivity index (χ3v) is 9.79. The molecule has 3 saturated heterocycles. The van der Waals surface area contributed by atoms with Crippen molar-refractivity contribution < 1.29 is 13.6 Å². The molecule has 4 fully saturated rings. The van der Waals surface area contributed by atoms with Gasteiger partial charge in [0.25, 0.3) is 0 Å². The standard InChI is InChI=1S/C30H32F2N4OS/c31-23-13-18(24-4-3-10-33-24)6-8-22(23)25-17-36-26-9-7-19(14-28(26)38-30(36)34-25)27(37)5-1-2-11-35-15-20-12-21(16-35)29(20)32/h6-9,13-14,17,20-21,24,29,33H,1-5,10-12,15-16H2/t20?,21?,24-,29?/m1/s1. The lowest BCUT2D eigenvalue weighted by Crippen LogP contribution is -2.56. The zero-order valence-electron chi connectivity index (χ0n) is 21.3. The summed E-state index contributed by atoms with van der Waals surface area (Å²) in [6.45, 7) is 3.69. The van der Waals surface area contributed by atoms with Crippen molar-refractivity contribution in [1.82, 2.24) is 19.6 Å². The lowest BCUT2D eigenvalue weighted by atomic mass is 9.69. The molecule has 0 radical (unpaired) electrons. The summed E-state index contributed by atoms with van der Waals surface area (Å²) in [5, 5.41) is 3.42. The predicted molar refractivity (Wildman–Crippen MR) is 147 cm³/mol. The molecule has 38 heavy (non-hydrogen) atoms. The van der Waals surface area contributed by atoms with Gasteiger partial charge in [0, 0.05) is 54.7 Å². The lowest BCUT2D eigenvalue weighted by Gasteiger charge is -2.49. The highest BCUT2D eigenvalue weighted by Gasteiger charge is 2.46. The molecular formula is C30H32F2N4OS. The van der Waals surface area contributed by atoms with E-state index in [9.17, 15) is 9.18 Å². The van der Waals surface area contributed by atoms with Crippen LogP contribution in [0.2, 0.25) is 0 Å². The predicted octanol–water partition coefficient (Wildman–Crippen LogP) is 6.42.